The first kappa shape index (κ1) is 25.9. The van der Waals surface area contributed by atoms with Crippen molar-refractivity contribution in [3.8, 4) is 0 Å². The molecule has 9 N–H and O–H groups in total. The van der Waals surface area contributed by atoms with Gasteiger partial charge >= 0.3 is 5.97 Å². The number of hydrogen-bond donors (Lipinski definition) is 7. The van der Waals surface area contributed by atoms with Gasteiger partial charge in [-0.25, -0.2) is 4.98 Å². The average Bonchev–Trinajstić information content (AvgIpc) is 3.21. The highest BCUT2D eigenvalue weighted by Gasteiger charge is 2.29. The summed E-state index contributed by atoms with van der Waals surface area (Å²) in [7, 11) is 0. The van der Waals surface area contributed by atoms with E-state index in [1.165, 1.54) is 24.3 Å². The van der Waals surface area contributed by atoms with Crippen LogP contribution < -0.4 is 27.4 Å². The molecule has 0 aromatic carbocycles. The maximum absolute atomic E-state index is 12.7. The number of aliphatic carboxylic acids is 1. The maximum atomic E-state index is 12.7. The van der Waals surface area contributed by atoms with E-state index in [1.54, 1.807) is 0 Å². The first-order chi connectivity index (χ1) is 14.6. The van der Waals surface area contributed by atoms with Gasteiger partial charge in [-0.2, -0.15) is 11.8 Å². The summed E-state index contributed by atoms with van der Waals surface area (Å²) in [5, 5.41) is 15.7. The third kappa shape index (κ3) is 9.95. The molecule has 4 amide bonds. The second-order valence-corrected chi connectivity index (χ2v) is 7.56. The van der Waals surface area contributed by atoms with Gasteiger partial charge in [0.25, 0.3) is 0 Å². The molecule has 0 bridgehead atoms. The molecule has 0 radical (unpaired) electrons. The first-order valence-corrected chi connectivity index (χ1v) is 10.6. The van der Waals surface area contributed by atoms with E-state index in [4.69, 9.17) is 16.6 Å². The van der Waals surface area contributed by atoms with Crippen molar-refractivity contribution < 1.29 is 29.1 Å². The van der Waals surface area contributed by atoms with E-state index in [2.05, 4.69) is 25.9 Å². The number of nitrogens with zero attached hydrogens (tertiary/aromatic N) is 1. The van der Waals surface area contributed by atoms with Crippen LogP contribution in [0, 0.1) is 0 Å². The number of aromatic nitrogens is 2. The first-order valence-electron chi connectivity index (χ1n) is 9.24. The van der Waals surface area contributed by atoms with Gasteiger partial charge < -0.3 is 37.5 Å². The van der Waals surface area contributed by atoms with Crippen LogP contribution in [0.3, 0.4) is 0 Å². The minimum absolute atomic E-state index is 0.0400. The van der Waals surface area contributed by atoms with Crippen molar-refractivity contribution in [1.29, 1.82) is 0 Å². The predicted molar refractivity (Wildman–Crippen MR) is 112 cm³/mol. The molecule has 0 saturated heterocycles. The van der Waals surface area contributed by atoms with Crippen molar-refractivity contribution in [2.45, 2.75) is 37.4 Å². The standard InChI is InChI=1S/C17H27N7O6S/c1-31-3-2-10(18)15(28)23-12(5-13(19)25)17(30)24-11(4-9-6-20-8-22-9)16(29)21-7-14(26)27/h6,8,10-12H,2-5,7,18H2,1H3,(H2,19,25)(H,20,22)(H,21,29)(H,23,28)(H,24,30)(H,26,27). The molecule has 0 spiro atoms. The van der Waals surface area contributed by atoms with Crippen LogP contribution in [0.5, 0.6) is 0 Å². The Kier molecular flexibility index (Phi) is 11.1. The zero-order chi connectivity index (χ0) is 23.4. The molecule has 0 aliphatic carbocycles. The number of thioether (sulfide) groups is 1. The molecule has 3 unspecified atom stereocenters. The lowest BCUT2D eigenvalue weighted by Gasteiger charge is -2.23. The largest absolute Gasteiger partial charge is 0.480 e. The molecule has 31 heavy (non-hydrogen) atoms. The van der Waals surface area contributed by atoms with Gasteiger partial charge in [-0.1, -0.05) is 0 Å². The molecule has 1 heterocycles. The van der Waals surface area contributed by atoms with E-state index in [1.807, 2.05) is 6.26 Å². The van der Waals surface area contributed by atoms with Gasteiger partial charge in [-0.3, -0.25) is 24.0 Å². The topological polar surface area (TPSA) is 222 Å². The van der Waals surface area contributed by atoms with Crippen LogP contribution >= 0.6 is 11.8 Å². The van der Waals surface area contributed by atoms with Crippen LogP contribution in [0.15, 0.2) is 12.5 Å². The summed E-state index contributed by atoms with van der Waals surface area (Å²) in [4.78, 5) is 66.1. The fourth-order valence-corrected chi connectivity index (χ4v) is 2.94. The number of imidazole rings is 1. The second-order valence-electron chi connectivity index (χ2n) is 6.57. The summed E-state index contributed by atoms with van der Waals surface area (Å²) in [6.07, 6.45) is 4.45. The highest BCUT2D eigenvalue weighted by Crippen LogP contribution is 2.03. The summed E-state index contributed by atoms with van der Waals surface area (Å²) < 4.78 is 0. The van der Waals surface area contributed by atoms with Crippen molar-refractivity contribution >= 4 is 41.4 Å². The Balaban J connectivity index is 2.91. The smallest absolute Gasteiger partial charge is 0.322 e. The predicted octanol–water partition coefficient (Wildman–Crippen LogP) is -2.92. The molecule has 1 aromatic rings. The quantitative estimate of drug-likeness (QED) is 0.152. The third-order valence-electron chi connectivity index (χ3n) is 4.03. The van der Waals surface area contributed by atoms with E-state index < -0.39 is 60.7 Å². The molecule has 14 heteroatoms. The van der Waals surface area contributed by atoms with Crippen LogP contribution in [0.4, 0.5) is 0 Å². The molecule has 1 aromatic heterocycles. The Labute approximate surface area is 182 Å². The number of carbonyl (C=O) groups is 5. The summed E-state index contributed by atoms with van der Waals surface area (Å²) in [6, 6.07) is -3.46. The van der Waals surface area contributed by atoms with E-state index in [0.29, 0.717) is 17.9 Å². The lowest BCUT2D eigenvalue weighted by Crippen LogP contribution is -2.57. The van der Waals surface area contributed by atoms with Crippen LogP contribution in [0.25, 0.3) is 0 Å². The normalized spacial score (nSPS) is 13.5. The Bertz CT molecular complexity index is 773. The number of hydrogen-bond acceptors (Lipinski definition) is 8. The highest BCUT2D eigenvalue weighted by molar-refractivity contribution is 7.98. The van der Waals surface area contributed by atoms with E-state index in [9.17, 15) is 24.0 Å². The van der Waals surface area contributed by atoms with Crippen molar-refractivity contribution in [2.75, 3.05) is 18.6 Å². The number of primary amides is 1. The van der Waals surface area contributed by atoms with Gasteiger partial charge in [0.2, 0.25) is 23.6 Å². The number of rotatable bonds is 14. The Morgan fingerprint density at radius 3 is 2.39 bits per heavy atom. The average molecular weight is 458 g/mol. The molecule has 13 nitrogen and oxygen atoms in total. The molecule has 1 rings (SSSR count). The van der Waals surface area contributed by atoms with Crippen molar-refractivity contribution in [3.63, 3.8) is 0 Å². The van der Waals surface area contributed by atoms with E-state index in [0.717, 1.165) is 0 Å². The number of aromatic amines is 1. The lowest BCUT2D eigenvalue weighted by molar-refractivity contribution is -0.138. The molecular weight excluding hydrogens is 430 g/mol. The Morgan fingerprint density at radius 1 is 1.16 bits per heavy atom. The van der Waals surface area contributed by atoms with Crippen LogP contribution in [-0.4, -0.2) is 81.4 Å². The zero-order valence-electron chi connectivity index (χ0n) is 16.9. The minimum Gasteiger partial charge on any atom is -0.480 e. The maximum Gasteiger partial charge on any atom is 0.322 e. The van der Waals surface area contributed by atoms with Gasteiger partial charge in [-0.15, -0.1) is 0 Å². The summed E-state index contributed by atoms with van der Waals surface area (Å²) in [6.45, 7) is -0.653. The fraction of sp³-hybridized carbons (Fsp3) is 0.529. The van der Waals surface area contributed by atoms with Crippen molar-refractivity contribution in [3.05, 3.63) is 18.2 Å². The lowest BCUT2D eigenvalue weighted by atomic mass is 10.1. The number of carboxylic acid groups (broad SMARTS) is 1. The number of amides is 4. The summed E-state index contributed by atoms with van der Waals surface area (Å²) >= 11 is 1.50. The molecule has 0 aliphatic heterocycles. The number of H-pyrrole nitrogens is 1. The second kappa shape index (κ2) is 13.2. The van der Waals surface area contributed by atoms with E-state index >= 15 is 0 Å². The van der Waals surface area contributed by atoms with E-state index in [-0.39, 0.29) is 6.42 Å². The van der Waals surface area contributed by atoms with Gasteiger partial charge in [0.05, 0.1) is 18.8 Å². The van der Waals surface area contributed by atoms with Crippen LogP contribution in [0.1, 0.15) is 18.5 Å². The molecule has 0 aliphatic rings. The Morgan fingerprint density at radius 2 is 1.84 bits per heavy atom. The van der Waals surface area contributed by atoms with Crippen LogP contribution in [-0.2, 0) is 30.4 Å². The molecule has 0 saturated carbocycles. The fourth-order valence-electron chi connectivity index (χ4n) is 2.45. The third-order valence-corrected chi connectivity index (χ3v) is 4.68. The molecule has 172 valence electrons. The van der Waals surface area contributed by atoms with Crippen molar-refractivity contribution in [2.24, 2.45) is 11.5 Å². The van der Waals surface area contributed by atoms with Crippen LogP contribution in [0.2, 0.25) is 0 Å². The van der Waals surface area contributed by atoms with Gasteiger partial charge in [0, 0.05) is 18.3 Å². The van der Waals surface area contributed by atoms with Gasteiger partial charge in [0.1, 0.15) is 18.6 Å². The summed E-state index contributed by atoms with van der Waals surface area (Å²) in [5.74, 6) is -3.75. The number of nitrogens with one attached hydrogen (secondary N) is 4. The minimum atomic E-state index is -1.36. The van der Waals surface area contributed by atoms with Gasteiger partial charge in [-0.05, 0) is 18.4 Å². The van der Waals surface area contributed by atoms with Gasteiger partial charge in [0.15, 0.2) is 0 Å². The monoisotopic (exact) mass is 457 g/mol. The Hall–Kier alpha value is -3.13. The van der Waals surface area contributed by atoms with Crippen molar-refractivity contribution in [1.82, 2.24) is 25.9 Å². The SMILES string of the molecule is CSCCC(N)C(=O)NC(CC(N)=O)C(=O)NC(Cc1cnc[nH]1)C(=O)NCC(=O)O. The number of nitrogens with two attached hydrogens (primary N) is 2. The molecule has 0 fully saturated rings. The number of carbonyl (C=O) groups excluding carboxylic acids is 4. The zero-order valence-corrected chi connectivity index (χ0v) is 17.7. The molecular formula is C17H27N7O6S. The highest BCUT2D eigenvalue weighted by atomic mass is 32.2. The summed E-state index contributed by atoms with van der Waals surface area (Å²) in [5.41, 5.74) is 11.5. The number of carboxylic acids is 1. The molecule has 3 atom stereocenters.